The minimum Gasteiger partial charge on any atom is -0.497 e. The second-order valence-corrected chi connectivity index (χ2v) is 9.31. The Kier molecular flexibility index (Phi) is 8.68. The molecule has 1 aliphatic heterocycles. The molecule has 1 aliphatic rings. The molecule has 0 bridgehead atoms. The molecule has 0 spiro atoms. The number of piperidine rings is 1. The summed E-state index contributed by atoms with van der Waals surface area (Å²) >= 11 is 0. The summed E-state index contributed by atoms with van der Waals surface area (Å²) in [5, 5.41) is 5.94. The zero-order valence-corrected chi connectivity index (χ0v) is 20.5. The van der Waals surface area contributed by atoms with Crippen molar-refractivity contribution >= 4 is 17.7 Å². The largest absolute Gasteiger partial charge is 0.497 e. The van der Waals surface area contributed by atoms with Crippen molar-refractivity contribution in [1.29, 1.82) is 0 Å². The predicted molar refractivity (Wildman–Crippen MR) is 132 cm³/mol. The van der Waals surface area contributed by atoms with Crippen LogP contribution in [0.1, 0.15) is 53.0 Å². The molecule has 34 heavy (non-hydrogen) atoms. The molecule has 0 saturated carbocycles. The van der Waals surface area contributed by atoms with Crippen molar-refractivity contribution in [1.82, 2.24) is 15.5 Å². The number of nitrogens with one attached hydrogen (secondary N) is 2. The number of aryl methyl sites for hydroxylation is 1. The molecular formula is C27H35N3O4. The van der Waals surface area contributed by atoms with Crippen LogP contribution in [-0.4, -0.2) is 55.4 Å². The van der Waals surface area contributed by atoms with Gasteiger partial charge in [-0.15, -0.1) is 0 Å². The van der Waals surface area contributed by atoms with Gasteiger partial charge in [-0.1, -0.05) is 31.5 Å². The number of benzene rings is 2. The quantitative estimate of drug-likeness (QED) is 0.625. The molecule has 0 radical (unpaired) electrons. The molecule has 3 amide bonds. The Morgan fingerprint density at radius 3 is 2.12 bits per heavy atom. The fourth-order valence-electron chi connectivity index (χ4n) is 4.09. The zero-order valence-electron chi connectivity index (χ0n) is 20.5. The highest BCUT2D eigenvalue weighted by atomic mass is 16.5. The minimum absolute atomic E-state index is 0.0365. The van der Waals surface area contributed by atoms with Crippen molar-refractivity contribution in [2.45, 2.75) is 39.7 Å². The monoisotopic (exact) mass is 465 g/mol. The van der Waals surface area contributed by atoms with E-state index in [1.165, 1.54) is 0 Å². The molecule has 1 fully saturated rings. The van der Waals surface area contributed by atoms with Gasteiger partial charge in [0.2, 0.25) is 5.91 Å². The Morgan fingerprint density at radius 2 is 1.56 bits per heavy atom. The smallest absolute Gasteiger partial charge is 0.253 e. The Balaban J connectivity index is 1.67. The molecule has 0 unspecified atom stereocenters. The molecule has 1 atom stereocenters. The molecule has 1 heterocycles. The van der Waals surface area contributed by atoms with Gasteiger partial charge in [-0.25, -0.2) is 0 Å². The van der Waals surface area contributed by atoms with Crippen LogP contribution in [0.3, 0.4) is 0 Å². The Bertz CT molecular complexity index is 978. The number of methoxy groups -OCH3 is 1. The number of amides is 3. The van der Waals surface area contributed by atoms with E-state index in [9.17, 15) is 14.4 Å². The molecule has 2 N–H and O–H groups in total. The van der Waals surface area contributed by atoms with Gasteiger partial charge in [0, 0.05) is 30.8 Å². The Labute approximate surface area is 201 Å². The number of hydrogen-bond acceptors (Lipinski definition) is 4. The van der Waals surface area contributed by atoms with Crippen molar-refractivity contribution in [3.8, 4) is 5.75 Å². The standard InChI is InChI=1S/C27H35N3O4/c1-18(2)17-28-26(32)24(29-25(31)21-7-5-19(3)6-8-21)20-13-15-30(16-14-20)27(33)22-9-11-23(34-4)12-10-22/h5-12,18,20,24H,13-17H2,1-4H3,(H,28,32)(H,29,31)/t24-/m1/s1. The second kappa shape index (κ2) is 11.7. The molecule has 1 saturated heterocycles. The number of likely N-dealkylation sites (tertiary alicyclic amines) is 1. The van der Waals surface area contributed by atoms with Crippen LogP contribution in [-0.2, 0) is 4.79 Å². The first kappa shape index (κ1) is 25.3. The van der Waals surface area contributed by atoms with Crippen LogP contribution in [0, 0.1) is 18.8 Å². The molecule has 7 nitrogen and oxygen atoms in total. The summed E-state index contributed by atoms with van der Waals surface area (Å²) in [7, 11) is 1.59. The number of carbonyl (C=O) groups excluding carboxylic acids is 3. The van der Waals surface area contributed by atoms with Crippen molar-refractivity contribution in [2.24, 2.45) is 11.8 Å². The van der Waals surface area contributed by atoms with E-state index in [0.717, 1.165) is 5.56 Å². The minimum atomic E-state index is -0.647. The molecule has 2 aromatic rings. The second-order valence-electron chi connectivity index (χ2n) is 9.31. The van der Waals surface area contributed by atoms with Gasteiger partial charge in [0.1, 0.15) is 11.8 Å². The van der Waals surface area contributed by atoms with Crippen molar-refractivity contribution in [3.63, 3.8) is 0 Å². The highest BCUT2D eigenvalue weighted by Gasteiger charge is 2.34. The fraction of sp³-hybridized carbons (Fsp3) is 0.444. The SMILES string of the molecule is COc1ccc(C(=O)N2CCC([C@@H](NC(=O)c3ccc(C)cc3)C(=O)NCC(C)C)CC2)cc1. The molecule has 0 aliphatic carbocycles. The van der Waals surface area contributed by atoms with Gasteiger partial charge >= 0.3 is 0 Å². The number of rotatable bonds is 8. The van der Waals surface area contributed by atoms with Crippen molar-refractivity contribution < 1.29 is 19.1 Å². The third kappa shape index (κ3) is 6.59. The average molecular weight is 466 g/mol. The molecule has 182 valence electrons. The van der Waals surface area contributed by atoms with Gasteiger partial charge in [0.15, 0.2) is 0 Å². The third-order valence-corrected chi connectivity index (χ3v) is 6.20. The summed E-state index contributed by atoms with van der Waals surface area (Å²) in [5.41, 5.74) is 2.20. The van der Waals surface area contributed by atoms with Crippen molar-refractivity contribution in [3.05, 3.63) is 65.2 Å². The lowest BCUT2D eigenvalue weighted by atomic mass is 9.88. The topological polar surface area (TPSA) is 87.7 Å². The first-order valence-electron chi connectivity index (χ1n) is 11.9. The van der Waals surface area contributed by atoms with E-state index >= 15 is 0 Å². The molecule has 3 rings (SSSR count). The van der Waals surface area contributed by atoms with E-state index in [-0.39, 0.29) is 23.6 Å². The number of carbonyl (C=O) groups is 3. The van der Waals surface area contributed by atoms with Gasteiger partial charge in [-0.2, -0.15) is 0 Å². The lowest BCUT2D eigenvalue weighted by molar-refractivity contribution is -0.124. The first-order valence-corrected chi connectivity index (χ1v) is 11.9. The maximum absolute atomic E-state index is 13.0. The third-order valence-electron chi connectivity index (χ3n) is 6.20. The molecule has 7 heteroatoms. The molecule has 2 aromatic carbocycles. The van der Waals surface area contributed by atoms with E-state index in [2.05, 4.69) is 10.6 Å². The van der Waals surface area contributed by atoms with E-state index in [0.29, 0.717) is 55.3 Å². The highest BCUT2D eigenvalue weighted by Crippen LogP contribution is 2.24. The maximum Gasteiger partial charge on any atom is 0.253 e. The van der Waals surface area contributed by atoms with Gasteiger partial charge < -0.3 is 20.3 Å². The van der Waals surface area contributed by atoms with Gasteiger partial charge in [-0.05, 0) is 68.0 Å². The van der Waals surface area contributed by atoms with Crippen LogP contribution in [0.4, 0.5) is 0 Å². The van der Waals surface area contributed by atoms with Crippen LogP contribution in [0.15, 0.2) is 48.5 Å². The first-order chi connectivity index (χ1) is 16.3. The zero-order chi connectivity index (χ0) is 24.7. The summed E-state index contributed by atoms with van der Waals surface area (Å²) in [6.07, 6.45) is 1.27. The van der Waals surface area contributed by atoms with E-state index in [1.807, 2.05) is 37.8 Å². The van der Waals surface area contributed by atoms with Crippen LogP contribution >= 0.6 is 0 Å². The number of nitrogens with zero attached hydrogens (tertiary/aromatic N) is 1. The molecular weight excluding hydrogens is 430 g/mol. The summed E-state index contributed by atoms with van der Waals surface area (Å²) in [5.74, 6) is 0.485. The van der Waals surface area contributed by atoms with Crippen LogP contribution < -0.4 is 15.4 Å². The normalized spacial score (nSPS) is 15.0. The van der Waals surface area contributed by atoms with E-state index in [1.54, 1.807) is 43.5 Å². The Hall–Kier alpha value is -3.35. The van der Waals surface area contributed by atoms with Crippen LogP contribution in [0.25, 0.3) is 0 Å². The lowest BCUT2D eigenvalue weighted by Crippen LogP contribution is -2.54. The van der Waals surface area contributed by atoms with E-state index < -0.39 is 6.04 Å². The lowest BCUT2D eigenvalue weighted by Gasteiger charge is -2.36. The Morgan fingerprint density at radius 1 is 0.971 bits per heavy atom. The summed E-state index contributed by atoms with van der Waals surface area (Å²) in [6.45, 7) is 7.63. The van der Waals surface area contributed by atoms with Crippen LogP contribution in [0.5, 0.6) is 5.75 Å². The predicted octanol–water partition coefficient (Wildman–Crippen LogP) is 3.43. The molecule has 0 aromatic heterocycles. The average Bonchev–Trinajstić information content (AvgIpc) is 2.86. The van der Waals surface area contributed by atoms with E-state index in [4.69, 9.17) is 4.74 Å². The van der Waals surface area contributed by atoms with Crippen LogP contribution in [0.2, 0.25) is 0 Å². The summed E-state index contributed by atoms with van der Waals surface area (Å²) in [6, 6.07) is 13.7. The van der Waals surface area contributed by atoms with Gasteiger partial charge in [0.05, 0.1) is 7.11 Å². The fourth-order valence-corrected chi connectivity index (χ4v) is 4.09. The maximum atomic E-state index is 13.0. The number of hydrogen-bond donors (Lipinski definition) is 2. The number of ether oxygens (including phenoxy) is 1. The summed E-state index contributed by atoms with van der Waals surface area (Å²) in [4.78, 5) is 40.7. The summed E-state index contributed by atoms with van der Waals surface area (Å²) < 4.78 is 5.16. The van der Waals surface area contributed by atoms with Gasteiger partial charge in [-0.3, -0.25) is 14.4 Å². The van der Waals surface area contributed by atoms with Crippen molar-refractivity contribution in [2.75, 3.05) is 26.7 Å². The van der Waals surface area contributed by atoms with Gasteiger partial charge in [0.25, 0.3) is 11.8 Å². The highest BCUT2D eigenvalue weighted by molar-refractivity contribution is 5.98.